The summed E-state index contributed by atoms with van der Waals surface area (Å²) in [6.45, 7) is 3.78. The Kier molecular flexibility index (Phi) is 5.69. The Morgan fingerprint density at radius 1 is 1.18 bits per heavy atom. The molecule has 0 heterocycles. The fraction of sp³-hybridized carbons (Fsp3) is 0.235. The standard InChI is InChI=1S/C17H17Cl2NO2/c1-3-16(22-14-6-4-5-12(18)10-14)17(21)20-15-8-7-13(19)9-11(15)2/h4-10,16H,3H2,1-2H3,(H,20,21)/t16-/m0/s1. The maximum atomic E-state index is 12.4. The molecule has 0 aliphatic rings. The second-order valence-electron chi connectivity index (χ2n) is 4.92. The third-order valence-electron chi connectivity index (χ3n) is 3.18. The minimum atomic E-state index is -0.589. The van der Waals surface area contributed by atoms with Crippen molar-refractivity contribution in [1.29, 1.82) is 0 Å². The molecule has 5 heteroatoms. The van der Waals surface area contributed by atoms with Crippen LogP contribution in [0.2, 0.25) is 10.0 Å². The van der Waals surface area contributed by atoms with Crippen LogP contribution >= 0.6 is 23.2 Å². The van der Waals surface area contributed by atoms with Gasteiger partial charge in [-0.25, -0.2) is 0 Å². The normalized spacial score (nSPS) is 11.8. The highest BCUT2D eigenvalue weighted by Gasteiger charge is 2.19. The molecular weight excluding hydrogens is 321 g/mol. The van der Waals surface area contributed by atoms with Crippen molar-refractivity contribution in [3.63, 3.8) is 0 Å². The Hall–Kier alpha value is -1.71. The molecule has 0 saturated carbocycles. The lowest BCUT2D eigenvalue weighted by atomic mass is 10.2. The molecule has 0 bridgehead atoms. The van der Waals surface area contributed by atoms with Crippen molar-refractivity contribution >= 4 is 34.8 Å². The van der Waals surface area contributed by atoms with E-state index < -0.39 is 6.10 Å². The Morgan fingerprint density at radius 3 is 2.55 bits per heavy atom. The average molecular weight is 338 g/mol. The van der Waals surface area contributed by atoms with Crippen molar-refractivity contribution in [2.24, 2.45) is 0 Å². The maximum absolute atomic E-state index is 12.4. The van der Waals surface area contributed by atoms with E-state index in [1.807, 2.05) is 13.8 Å². The predicted molar refractivity (Wildman–Crippen MR) is 91.0 cm³/mol. The minimum absolute atomic E-state index is 0.201. The van der Waals surface area contributed by atoms with Gasteiger partial charge in [-0.1, -0.05) is 36.2 Å². The van der Waals surface area contributed by atoms with Gasteiger partial charge in [-0.3, -0.25) is 4.79 Å². The number of halogens is 2. The van der Waals surface area contributed by atoms with Crippen molar-refractivity contribution in [1.82, 2.24) is 0 Å². The lowest BCUT2D eigenvalue weighted by Crippen LogP contribution is -2.32. The number of benzene rings is 2. The Balaban J connectivity index is 2.08. The summed E-state index contributed by atoms with van der Waals surface area (Å²) in [5, 5.41) is 4.08. The largest absolute Gasteiger partial charge is 0.481 e. The molecule has 22 heavy (non-hydrogen) atoms. The summed E-state index contributed by atoms with van der Waals surface area (Å²) in [5.74, 6) is 0.371. The van der Waals surface area contributed by atoms with Crippen LogP contribution in [0.25, 0.3) is 0 Å². The zero-order valence-electron chi connectivity index (χ0n) is 12.4. The first kappa shape index (κ1) is 16.7. The molecule has 0 radical (unpaired) electrons. The number of anilines is 1. The monoisotopic (exact) mass is 337 g/mol. The summed E-state index contributed by atoms with van der Waals surface area (Å²) in [4.78, 5) is 12.4. The SMILES string of the molecule is CC[C@H](Oc1cccc(Cl)c1)C(=O)Nc1ccc(Cl)cc1C. The maximum Gasteiger partial charge on any atom is 0.265 e. The smallest absolute Gasteiger partial charge is 0.265 e. The highest BCUT2D eigenvalue weighted by atomic mass is 35.5. The van der Waals surface area contributed by atoms with Crippen LogP contribution in [0.1, 0.15) is 18.9 Å². The van der Waals surface area contributed by atoms with Gasteiger partial charge in [0, 0.05) is 15.7 Å². The van der Waals surface area contributed by atoms with Crippen LogP contribution in [-0.4, -0.2) is 12.0 Å². The molecule has 2 rings (SSSR count). The lowest BCUT2D eigenvalue weighted by Gasteiger charge is -2.18. The van der Waals surface area contributed by atoms with Crippen LogP contribution in [0.4, 0.5) is 5.69 Å². The molecule has 0 saturated heterocycles. The van der Waals surface area contributed by atoms with Crippen LogP contribution in [0.5, 0.6) is 5.75 Å². The Bertz CT molecular complexity index is 673. The van der Waals surface area contributed by atoms with E-state index in [0.29, 0.717) is 22.2 Å². The van der Waals surface area contributed by atoms with E-state index in [0.717, 1.165) is 11.3 Å². The van der Waals surface area contributed by atoms with Gasteiger partial charge in [0.15, 0.2) is 6.10 Å². The van der Waals surface area contributed by atoms with Crippen LogP contribution in [0.15, 0.2) is 42.5 Å². The molecule has 0 fully saturated rings. The number of carbonyl (C=O) groups is 1. The molecule has 2 aromatic rings. The van der Waals surface area contributed by atoms with Gasteiger partial charge in [0.05, 0.1) is 0 Å². The van der Waals surface area contributed by atoms with Crippen molar-refractivity contribution in [2.45, 2.75) is 26.4 Å². The summed E-state index contributed by atoms with van der Waals surface area (Å²) in [6, 6.07) is 12.3. The van der Waals surface area contributed by atoms with Crippen LogP contribution < -0.4 is 10.1 Å². The van der Waals surface area contributed by atoms with E-state index in [4.69, 9.17) is 27.9 Å². The highest BCUT2D eigenvalue weighted by molar-refractivity contribution is 6.31. The number of carbonyl (C=O) groups excluding carboxylic acids is 1. The lowest BCUT2D eigenvalue weighted by molar-refractivity contribution is -0.122. The number of ether oxygens (including phenoxy) is 1. The molecule has 0 aliphatic heterocycles. The molecule has 0 unspecified atom stereocenters. The number of nitrogens with one attached hydrogen (secondary N) is 1. The molecule has 0 spiro atoms. The van der Waals surface area contributed by atoms with E-state index in [9.17, 15) is 4.79 Å². The van der Waals surface area contributed by atoms with Crippen molar-refractivity contribution in [3.8, 4) is 5.75 Å². The summed E-state index contributed by atoms with van der Waals surface area (Å²) < 4.78 is 5.72. The average Bonchev–Trinajstić information content (AvgIpc) is 2.47. The third kappa shape index (κ3) is 4.39. The van der Waals surface area contributed by atoms with Crippen molar-refractivity contribution < 1.29 is 9.53 Å². The van der Waals surface area contributed by atoms with Crippen molar-refractivity contribution in [3.05, 3.63) is 58.1 Å². The molecular formula is C17H17Cl2NO2. The summed E-state index contributed by atoms with van der Waals surface area (Å²) in [7, 11) is 0. The number of hydrogen-bond donors (Lipinski definition) is 1. The molecule has 2 aromatic carbocycles. The zero-order valence-corrected chi connectivity index (χ0v) is 13.9. The summed E-state index contributed by atoms with van der Waals surface area (Å²) in [5.41, 5.74) is 1.63. The second kappa shape index (κ2) is 7.52. The number of aryl methyl sites for hydroxylation is 1. The van der Waals surface area contributed by atoms with Gasteiger partial charge in [-0.05, 0) is 55.3 Å². The third-order valence-corrected chi connectivity index (χ3v) is 3.65. The van der Waals surface area contributed by atoms with E-state index >= 15 is 0 Å². The summed E-state index contributed by atoms with van der Waals surface area (Å²) in [6.07, 6.45) is -0.0427. The molecule has 0 aliphatic carbocycles. The second-order valence-corrected chi connectivity index (χ2v) is 5.79. The topological polar surface area (TPSA) is 38.3 Å². The number of rotatable bonds is 5. The van der Waals surface area contributed by atoms with E-state index in [1.54, 1.807) is 42.5 Å². The quantitative estimate of drug-likeness (QED) is 0.824. The predicted octanol–water partition coefficient (Wildman–Crippen LogP) is 5.10. The van der Waals surface area contributed by atoms with Gasteiger partial charge in [0.2, 0.25) is 0 Å². The van der Waals surface area contributed by atoms with Gasteiger partial charge < -0.3 is 10.1 Å². The first-order valence-electron chi connectivity index (χ1n) is 6.99. The highest BCUT2D eigenvalue weighted by Crippen LogP contribution is 2.22. The summed E-state index contributed by atoms with van der Waals surface area (Å²) >= 11 is 11.8. The van der Waals surface area contributed by atoms with Gasteiger partial charge in [0.25, 0.3) is 5.91 Å². The van der Waals surface area contributed by atoms with E-state index in [2.05, 4.69) is 5.32 Å². The first-order chi connectivity index (χ1) is 10.5. The van der Waals surface area contributed by atoms with Gasteiger partial charge in [-0.15, -0.1) is 0 Å². The van der Waals surface area contributed by atoms with E-state index in [-0.39, 0.29) is 5.91 Å². The zero-order chi connectivity index (χ0) is 16.1. The van der Waals surface area contributed by atoms with Crippen LogP contribution in [-0.2, 0) is 4.79 Å². The van der Waals surface area contributed by atoms with E-state index in [1.165, 1.54) is 0 Å². The molecule has 1 N–H and O–H groups in total. The van der Waals surface area contributed by atoms with Gasteiger partial charge in [-0.2, -0.15) is 0 Å². The number of hydrogen-bond acceptors (Lipinski definition) is 2. The molecule has 3 nitrogen and oxygen atoms in total. The molecule has 116 valence electrons. The van der Waals surface area contributed by atoms with Gasteiger partial charge in [0.1, 0.15) is 5.75 Å². The molecule has 1 atom stereocenters. The molecule has 1 amide bonds. The fourth-order valence-corrected chi connectivity index (χ4v) is 2.41. The van der Waals surface area contributed by atoms with Crippen LogP contribution in [0, 0.1) is 6.92 Å². The van der Waals surface area contributed by atoms with Crippen molar-refractivity contribution in [2.75, 3.05) is 5.32 Å². The fourth-order valence-electron chi connectivity index (χ4n) is 2.01. The van der Waals surface area contributed by atoms with Crippen LogP contribution in [0.3, 0.4) is 0 Å². The van der Waals surface area contributed by atoms with Gasteiger partial charge >= 0.3 is 0 Å². The molecule has 0 aromatic heterocycles. The Morgan fingerprint density at radius 2 is 1.91 bits per heavy atom. The number of amides is 1. The first-order valence-corrected chi connectivity index (χ1v) is 7.74. The Labute approximate surface area is 140 Å². The minimum Gasteiger partial charge on any atom is -0.481 e.